The lowest BCUT2D eigenvalue weighted by Crippen LogP contribution is -2.12. The molecule has 0 aliphatic carbocycles. The molecule has 1 heterocycles. The normalized spacial score (nSPS) is 10.2. The number of nitrogens with two attached hydrogens (primary N) is 1. The number of nitrogens with zero attached hydrogens (tertiary/aromatic N) is 1. The molecule has 1 aromatic carbocycles. The molecule has 0 bridgehead atoms. The SMILES string of the molecule is Nc1nc(-c2ccccc2)[nH]c(=O)c1Br. The predicted molar refractivity (Wildman–Crippen MR) is 62.4 cm³/mol. The molecule has 0 aliphatic rings. The smallest absolute Gasteiger partial charge is 0.267 e. The van der Waals surface area contributed by atoms with E-state index in [-0.39, 0.29) is 15.8 Å². The van der Waals surface area contributed by atoms with Gasteiger partial charge in [-0.25, -0.2) is 4.98 Å². The van der Waals surface area contributed by atoms with Crippen LogP contribution in [0.3, 0.4) is 0 Å². The van der Waals surface area contributed by atoms with Gasteiger partial charge in [0.15, 0.2) is 0 Å². The number of benzene rings is 1. The van der Waals surface area contributed by atoms with Crippen molar-refractivity contribution in [3.05, 3.63) is 45.2 Å². The van der Waals surface area contributed by atoms with Gasteiger partial charge in [-0.2, -0.15) is 0 Å². The first-order valence-corrected chi connectivity index (χ1v) is 5.08. The maximum absolute atomic E-state index is 11.4. The van der Waals surface area contributed by atoms with Gasteiger partial charge >= 0.3 is 0 Å². The van der Waals surface area contributed by atoms with Crippen LogP contribution in [0.2, 0.25) is 0 Å². The van der Waals surface area contributed by atoms with Gasteiger partial charge in [-0.1, -0.05) is 30.3 Å². The lowest BCUT2D eigenvalue weighted by atomic mass is 10.2. The zero-order chi connectivity index (χ0) is 10.8. The molecular formula is C10H8BrN3O. The van der Waals surface area contributed by atoms with Gasteiger partial charge in [0.05, 0.1) is 0 Å². The van der Waals surface area contributed by atoms with Crippen LogP contribution in [-0.4, -0.2) is 9.97 Å². The highest BCUT2D eigenvalue weighted by Crippen LogP contribution is 2.17. The molecule has 3 N–H and O–H groups in total. The van der Waals surface area contributed by atoms with E-state index in [1.165, 1.54) is 0 Å². The highest BCUT2D eigenvalue weighted by atomic mass is 79.9. The maximum atomic E-state index is 11.4. The Morgan fingerprint density at radius 2 is 1.93 bits per heavy atom. The number of halogens is 1. The Morgan fingerprint density at radius 1 is 1.27 bits per heavy atom. The number of anilines is 1. The Labute approximate surface area is 94.3 Å². The van der Waals surface area contributed by atoms with Crippen LogP contribution in [0.1, 0.15) is 0 Å². The minimum absolute atomic E-state index is 0.192. The fraction of sp³-hybridized carbons (Fsp3) is 0. The number of nitrogen functional groups attached to an aromatic ring is 1. The second-order valence-corrected chi connectivity index (χ2v) is 3.77. The lowest BCUT2D eigenvalue weighted by molar-refractivity contribution is 1.12. The molecule has 1 aromatic heterocycles. The van der Waals surface area contributed by atoms with Crippen LogP contribution >= 0.6 is 15.9 Å². The van der Waals surface area contributed by atoms with E-state index in [2.05, 4.69) is 25.9 Å². The number of hydrogen-bond donors (Lipinski definition) is 2. The summed E-state index contributed by atoms with van der Waals surface area (Å²) in [6.07, 6.45) is 0. The van der Waals surface area contributed by atoms with Crippen molar-refractivity contribution in [3.63, 3.8) is 0 Å². The number of aromatic nitrogens is 2. The monoisotopic (exact) mass is 265 g/mol. The molecule has 4 nitrogen and oxygen atoms in total. The molecule has 0 radical (unpaired) electrons. The van der Waals surface area contributed by atoms with Crippen molar-refractivity contribution >= 4 is 21.7 Å². The van der Waals surface area contributed by atoms with Crippen molar-refractivity contribution in [2.75, 3.05) is 5.73 Å². The fourth-order valence-corrected chi connectivity index (χ4v) is 1.40. The Balaban J connectivity index is 2.61. The topological polar surface area (TPSA) is 71.8 Å². The second-order valence-electron chi connectivity index (χ2n) is 2.98. The Bertz CT molecular complexity index is 536. The first-order valence-electron chi connectivity index (χ1n) is 4.29. The average molecular weight is 266 g/mol. The van der Waals surface area contributed by atoms with Crippen LogP contribution in [0.15, 0.2) is 39.6 Å². The van der Waals surface area contributed by atoms with Gasteiger partial charge in [0.2, 0.25) is 0 Å². The third-order valence-corrected chi connectivity index (χ3v) is 2.70. The third kappa shape index (κ3) is 1.92. The summed E-state index contributed by atoms with van der Waals surface area (Å²) in [4.78, 5) is 18.1. The Kier molecular flexibility index (Phi) is 2.55. The second kappa shape index (κ2) is 3.86. The molecule has 0 spiro atoms. The van der Waals surface area contributed by atoms with Crippen LogP contribution in [0.25, 0.3) is 11.4 Å². The highest BCUT2D eigenvalue weighted by Gasteiger charge is 2.06. The van der Waals surface area contributed by atoms with E-state index in [0.717, 1.165) is 5.56 Å². The highest BCUT2D eigenvalue weighted by molar-refractivity contribution is 9.10. The number of hydrogen-bond acceptors (Lipinski definition) is 3. The molecule has 0 atom stereocenters. The molecule has 0 unspecified atom stereocenters. The van der Waals surface area contributed by atoms with Gasteiger partial charge in [-0.05, 0) is 15.9 Å². The van der Waals surface area contributed by atoms with E-state index in [1.807, 2.05) is 30.3 Å². The minimum atomic E-state index is -0.277. The maximum Gasteiger partial charge on any atom is 0.267 e. The zero-order valence-corrected chi connectivity index (χ0v) is 9.28. The standard InChI is InChI=1S/C10H8BrN3O/c11-7-8(12)13-9(14-10(7)15)6-4-2-1-3-5-6/h1-5H,(H3,12,13,14,15). The van der Waals surface area contributed by atoms with Crippen LogP contribution in [0.4, 0.5) is 5.82 Å². The van der Waals surface area contributed by atoms with E-state index in [1.54, 1.807) is 0 Å². The first kappa shape index (κ1) is 9.92. The molecule has 0 fully saturated rings. The largest absolute Gasteiger partial charge is 0.383 e. The molecule has 0 amide bonds. The summed E-state index contributed by atoms with van der Waals surface area (Å²) < 4.78 is 0.266. The summed E-state index contributed by atoms with van der Waals surface area (Å²) in [6.45, 7) is 0. The molecule has 5 heteroatoms. The van der Waals surface area contributed by atoms with Crippen LogP contribution in [0, 0.1) is 0 Å². The van der Waals surface area contributed by atoms with Gasteiger partial charge < -0.3 is 10.7 Å². The van der Waals surface area contributed by atoms with Crippen molar-refractivity contribution < 1.29 is 0 Å². The summed E-state index contributed by atoms with van der Waals surface area (Å²) in [6, 6.07) is 9.34. The van der Waals surface area contributed by atoms with E-state index in [0.29, 0.717) is 5.82 Å². The summed E-state index contributed by atoms with van der Waals surface area (Å²) in [5.74, 6) is 0.666. The number of nitrogens with one attached hydrogen (secondary N) is 1. The van der Waals surface area contributed by atoms with Crippen molar-refractivity contribution in [2.24, 2.45) is 0 Å². The number of H-pyrrole nitrogens is 1. The van der Waals surface area contributed by atoms with Crippen LogP contribution in [0.5, 0.6) is 0 Å². The van der Waals surface area contributed by atoms with Gasteiger partial charge in [-0.3, -0.25) is 4.79 Å². The fourth-order valence-electron chi connectivity index (χ4n) is 1.21. The van der Waals surface area contributed by atoms with Gasteiger partial charge in [0.25, 0.3) is 5.56 Å². The van der Waals surface area contributed by atoms with E-state index in [4.69, 9.17) is 5.73 Å². The van der Waals surface area contributed by atoms with Crippen LogP contribution < -0.4 is 11.3 Å². The zero-order valence-electron chi connectivity index (χ0n) is 7.70. The number of aromatic amines is 1. The molecule has 0 saturated heterocycles. The predicted octanol–water partition coefficient (Wildman–Crippen LogP) is 1.78. The van der Waals surface area contributed by atoms with Crippen molar-refractivity contribution in [1.29, 1.82) is 0 Å². The van der Waals surface area contributed by atoms with Gasteiger partial charge in [0.1, 0.15) is 16.1 Å². The van der Waals surface area contributed by atoms with E-state index in [9.17, 15) is 4.79 Å². The van der Waals surface area contributed by atoms with Crippen molar-refractivity contribution in [2.45, 2.75) is 0 Å². The molecule has 0 aliphatic heterocycles. The van der Waals surface area contributed by atoms with E-state index >= 15 is 0 Å². The molecule has 2 aromatic rings. The summed E-state index contributed by atoms with van der Waals surface area (Å²) >= 11 is 3.05. The lowest BCUT2D eigenvalue weighted by Gasteiger charge is -2.02. The first-order chi connectivity index (χ1) is 7.18. The van der Waals surface area contributed by atoms with Crippen molar-refractivity contribution in [1.82, 2.24) is 9.97 Å². The molecule has 15 heavy (non-hydrogen) atoms. The molecule has 0 saturated carbocycles. The van der Waals surface area contributed by atoms with Crippen molar-refractivity contribution in [3.8, 4) is 11.4 Å². The van der Waals surface area contributed by atoms with Crippen LogP contribution in [-0.2, 0) is 0 Å². The molecule has 2 rings (SSSR count). The Morgan fingerprint density at radius 3 is 2.53 bits per heavy atom. The number of rotatable bonds is 1. The summed E-state index contributed by atoms with van der Waals surface area (Å²) in [5, 5.41) is 0. The summed E-state index contributed by atoms with van der Waals surface area (Å²) in [5.41, 5.74) is 6.13. The van der Waals surface area contributed by atoms with Gasteiger partial charge in [0, 0.05) is 5.56 Å². The summed E-state index contributed by atoms with van der Waals surface area (Å²) in [7, 11) is 0. The van der Waals surface area contributed by atoms with E-state index < -0.39 is 0 Å². The van der Waals surface area contributed by atoms with Gasteiger partial charge in [-0.15, -0.1) is 0 Å². The Hall–Kier alpha value is -1.62. The molecule has 76 valence electrons. The quantitative estimate of drug-likeness (QED) is 0.826. The third-order valence-electron chi connectivity index (χ3n) is 1.94. The molecular weight excluding hydrogens is 258 g/mol. The minimum Gasteiger partial charge on any atom is -0.383 e. The average Bonchev–Trinajstić information content (AvgIpc) is 2.26.